The van der Waals surface area contributed by atoms with Gasteiger partial charge in [-0.1, -0.05) is 38.1 Å². The van der Waals surface area contributed by atoms with Crippen LogP contribution in [-0.4, -0.2) is 5.78 Å². The minimum Gasteiger partial charge on any atom is -0.299 e. The molecular formula is C14H16O. The van der Waals surface area contributed by atoms with E-state index in [4.69, 9.17) is 0 Å². The molecule has 4 unspecified atom stereocenters. The zero-order valence-electron chi connectivity index (χ0n) is 9.23. The van der Waals surface area contributed by atoms with Crippen LogP contribution in [0.5, 0.6) is 0 Å². The molecule has 1 aromatic rings. The van der Waals surface area contributed by atoms with Crippen molar-refractivity contribution in [2.24, 2.45) is 11.8 Å². The fraction of sp³-hybridized carbons (Fsp3) is 0.500. The molecule has 0 aliphatic heterocycles. The Labute approximate surface area is 90.5 Å². The lowest BCUT2D eigenvalue weighted by molar-refractivity contribution is -0.138. The molecule has 0 heterocycles. The molecule has 0 spiro atoms. The van der Waals surface area contributed by atoms with Gasteiger partial charge in [-0.3, -0.25) is 4.79 Å². The van der Waals surface area contributed by atoms with Crippen molar-refractivity contribution >= 4 is 5.78 Å². The van der Waals surface area contributed by atoms with Crippen LogP contribution in [0.4, 0.5) is 0 Å². The molecule has 1 aromatic carbocycles. The van der Waals surface area contributed by atoms with Gasteiger partial charge in [0.15, 0.2) is 0 Å². The van der Waals surface area contributed by atoms with Crippen LogP contribution >= 0.6 is 0 Å². The molecule has 0 saturated heterocycles. The maximum Gasteiger partial charge on any atom is 0.140 e. The van der Waals surface area contributed by atoms with Crippen LogP contribution in [0, 0.1) is 11.8 Å². The third kappa shape index (κ3) is 0.961. The van der Waals surface area contributed by atoms with Gasteiger partial charge in [-0.05, 0) is 23.5 Å². The molecule has 3 rings (SSSR count). The molecule has 1 fully saturated rings. The Kier molecular flexibility index (Phi) is 1.79. The number of Topliss-reactive ketones (excluding diaryl/α,β-unsaturated/α-hetero) is 1. The van der Waals surface area contributed by atoms with E-state index in [9.17, 15) is 4.79 Å². The van der Waals surface area contributed by atoms with Gasteiger partial charge in [0.1, 0.15) is 5.78 Å². The van der Waals surface area contributed by atoms with E-state index in [1.807, 2.05) is 0 Å². The number of benzene rings is 1. The van der Waals surface area contributed by atoms with E-state index in [1.165, 1.54) is 11.1 Å². The highest BCUT2D eigenvalue weighted by Gasteiger charge is 2.56. The van der Waals surface area contributed by atoms with Gasteiger partial charge in [0.25, 0.3) is 0 Å². The average Bonchev–Trinajstić information content (AvgIpc) is 2.50. The highest BCUT2D eigenvalue weighted by Crippen LogP contribution is 2.58. The van der Waals surface area contributed by atoms with Gasteiger partial charge in [-0.2, -0.15) is 0 Å². The van der Waals surface area contributed by atoms with E-state index in [1.54, 1.807) is 0 Å². The number of fused-ring (bicyclic) bond motifs is 3. The van der Waals surface area contributed by atoms with Crippen molar-refractivity contribution in [3.8, 4) is 0 Å². The number of hydrogen-bond donors (Lipinski definition) is 0. The van der Waals surface area contributed by atoms with E-state index in [0.717, 1.165) is 6.42 Å². The smallest absolute Gasteiger partial charge is 0.140 e. The van der Waals surface area contributed by atoms with Crippen LogP contribution in [0.2, 0.25) is 0 Å². The number of ketones is 1. The van der Waals surface area contributed by atoms with Crippen molar-refractivity contribution < 1.29 is 4.79 Å². The van der Waals surface area contributed by atoms with Crippen LogP contribution in [-0.2, 0) is 4.79 Å². The molecule has 0 N–H and O–H groups in total. The van der Waals surface area contributed by atoms with Gasteiger partial charge < -0.3 is 0 Å². The third-order valence-corrected chi connectivity index (χ3v) is 4.34. The lowest BCUT2D eigenvalue weighted by Gasteiger charge is -2.40. The maximum atomic E-state index is 12.0. The molecule has 0 bridgehead atoms. The normalized spacial score (nSPS) is 37.1. The number of rotatable bonds is 1. The zero-order valence-corrected chi connectivity index (χ0v) is 9.23. The van der Waals surface area contributed by atoms with Crippen LogP contribution in [0.25, 0.3) is 0 Å². The maximum absolute atomic E-state index is 12.0. The van der Waals surface area contributed by atoms with Crippen LogP contribution in [0.1, 0.15) is 43.2 Å². The standard InChI is InChI=1S/C14H16O/c1-3-9-13-11-7-5-4-6-10(11)8(2)12(13)14(9)15/h4-9,12-13H,3H2,1-2H3. The number of carbonyl (C=O) groups is 1. The lowest BCUT2D eigenvalue weighted by Crippen LogP contribution is -2.44. The first-order chi connectivity index (χ1) is 7.25. The second-order valence-electron chi connectivity index (χ2n) is 4.89. The van der Waals surface area contributed by atoms with Gasteiger partial charge in [0.05, 0.1) is 0 Å². The Bertz CT molecular complexity index is 421. The zero-order chi connectivity index (χ0) is 10.6. The predicted molar refractivity (Wildman–Crippen MR) is 59.9 cm³/mol. The summed E-state index contributed by atoms with van der Waals surface area (Å²) in [6.45, 7) is 4.33. The van der Waals surface area contributed by atoms with E-state index >= 15 is 0 Å². The molecule has 0 aromatic heterocycles. The van der Waals surface area contributed by atoms with Crippen LogP contribution < -0.4 is 0 Å². The highest BCUT2D eigenvalue weighted by atomic mass is 16.1. The summed E-state index contributed by atoms with van der Waals surface area (Å²) >= 11 is 0. The third-order valence-electron chi connectivity index (χ3n) is 4.34. The van der Waals surface area contributed by atoms with E-state index in [0.29, 0.717) is 29.5 Å². The first-order valence-corrected chi connectivity index (χ1v) is 5.88. The highest BCUT2D eigenvalue weighted by molar-refractivity contribution is 5.94. The molecule has 0 radical (unpaired) electrons. The fourth-order valence-electron chi connectivity index (χ4n) is 3.58. The molecule has 0 amide bonds. The van der Waals surface area contributed by atoms with Crippen molar-refractivity contribution in [3.63, 3.8) is 0 Å². The van der Waals surface area contributed by atoms with Gasteiger partial charge in [0, 0.05) is 17.8 Å². The summed E-state index contributed by atoms with van der Waals surface area (Å²) in [4.78, 5) is 12.0. The van der Waals surface area contributed by atoms with E-state index < -0.39 is 0 Å². The first-order valence-electron chi connectivity index (χ1n) is 5.88. The van der Waals surface area contributed by atoms with Gasteiger partial charge in [-0.25, -0.2) is 0 Å². The molecule has 78 valence electrons. The summed E-state index contributed by atoms with van der Waals surface area (Å²) in [5.74, 6) is 2.09. The van der Waals surface area contributed by atoms with Crippen molar-refractivity contribution in [3.05, 3.63) is 35.4 Å². The molecule has 2 aliphatic rings. The minimum absolute atomic E-state index is 0.298. The lowest BCUT2D eigenvalue weighted by atomic mass is 9.61. The Morgan fingerprint density at radius 2 is 1.80 bits per heavy atom. The molecular weight excluding hydrogens is 184 g/mol. The molecule has 2 aliphatic carbocycles. The summed E-state index contributed by atoms with van der Waals surface area (Å²) in [6.07, 6.45) is 1.00. The second-order valence-corrected chi connectivity index (χ2v) is 4.89. The van der Waals surface area contributed by atoms with E-state index in [-0.39, 0.29) is 0 Å². The quantitative estimate of drug-likeness (QED) is 0.680. The van der Waals surface area contributed by atoms with Crippen molar-refractivity contribution in [2.75, 3.05) is 0 Å². The number of carbonyl (C=O) groups excluding carboxylic acids is 1. The fourth-order valence-corrected chi connectivity index (χ4v) is 3.58. The first kappa shape index (κ1) is 9.14. The van der Waals surface area contributed by atoms with Crippen LogP contribution in [0.3, 0.4) is 0 Å². The second kappa shape index (κ2) is 2.94. The molecule has 1 heteroatoms. The summed E-state index contributed by atoms with van der Waals surface area (Å²) < 4.78 is 0. The van der Waals surface area contributed by atoms with Crippen molar-refractivity contribution in [1.29, 1.82) is 0 Å². The molecule has 1 nitrogen and oxygen atoms in total. The van der Waals surface area contributed by atoms with Gasteiger partial charge >= 0.3 is 0 Å². The van der Waals surface area contributed by atoms with E-state index in [2.05, 4.69) is 38.1 Å². The SMILES string of the molecule is CCC1C(=O)C2C(C)c3ccccc3C12. The van der Waals surface area contributed by atoms with Crippen molar-refractivity contribution in [1.82, 2.24) is 0 Å². The average molecular weight is 200 g/mol. The largest absolute Gasteiger partial charge is 0.299 e. The monoisotopic (exact) mass is 200 g/mol. The summed E-state index contributed by atoms with van der Waals surface area (Å²) in [5, 5.41) is 0. The Morgan fingerprint density at radius 1 is 1.13 bits per heavy atom. The molecule has 1 saturated carbocycles. The Morgan fingerprint density at radius 3 is 2.47 bits per heavy atom. The number of hydrogen-bond acceptors (Lipinski definition) is 1. The topological polar surface area (TPSA) is 17.1 Å². The minimum atomic E-state index is 0.298. The van der Waals surface area contributed by atoms with Gasteiger partial charge in [0.2, 0.25) is 0 Å². The summed E-state index contributed by atoms with van der Waals surface area (Å²) in [7, 11) is 0. The molecule has 15 heavy (non-hydrogen) atoms. The summed E-state index contributed by atoms with van der Waals surface area (Å²) in [5.41, 5.74) is 2.86. The Balaban J connectivity index is 2.09. The van der Waals surface area contributed by atoms with Gasteiger partial charge in [-0.15, -0.1) is 0 Å². The Hall–Kier alpha value is -1.11. The predicted octanol–water partition coefficient (Wildman–Crippen LogP) is 3.11. The van der Waals surface area contributed by atoms with Crippen LogP contribution in [0.15, 0.2) is 24.3 Å². The summed E-state index contributed by atoms with van der Waals surface area (Å²) in [6, 6.07) is 8.60. The van der Waals surface area contributed by atoms with Crippen molar-refractivity contribution in [2.45, 2.75) is 32.1 Å². The molecule has 4 atom stereocenters.